The van der Waals surface area contributed by atoms with Crippen molar-refractivity contribution >= 4 is 11.4 Å². The van der Waals surface area contributed by atoms with Crippen molar-refractivity contribution < 1.29 is 9.13 Å². The van der Waals surface area contributed by atoms with Crippen LogP contribution in [0.2, 0.25) is 0 Å². The van der Waals surface area contributed by atoms with Crippen LogP contribution >= 0.6 is 0 Å². The lowest BCUT2D eigenvalue weighted by molar-refractivity contribution is 0.415. The summed E-state index contributed by atoms with van der Waals surface area (Å²) >= 11 is 0. The second-order valence-corrected chi connectivity index (χ2v) is 5.16. The summed E-state index contributed by atoms with van der Waals surface area (Å²) in [6.45, 7) is 1.91. The number of methoxy groups -OCH3 is 1. The minimum absolute atomic E-state index is 0.0309. The largest absolute Gasteiger partial charge is 0.495 e. The Hall–Kier alpha value is -2.07. The molecule has 2 rings (SSSR count). The van der Waals surface area contributed by atoms with Gasteiger partial charge in [0.05, 0.1) is 18.5 Å². The van der Waals surface area contributed by atoms with Gasteiger partial charge in [0.2, 0.25) is 0 Å². The lowest BCUT2D eigenvalue weighted by Crippen LogP contribution is -2.21. The molecule has 0 heterocycles. The van der Waals surface area contributed by atoms with Gasteiger partial charge in [-0.25, -0.2) is 4.39 Å². The second-order valence-electron chi connectivity index (χ2n) is 5.16. The van der Waals surface area contributed by atoms with Crippen LogP contribution in [0, 0.1) is 5.82 Å². The second kappa shape index (κ2) is 6.59. The third kappa shape index (κ3) is 3.34. The topological polar surface area (TPSA) is 38.5 Å². The van der Waals surface area contributed by atoms with Gasteiger partial charge in [-0.3, -0.25) is 0 Å². The number of nitrogens with zero attached hydrogens (tertiary/aromatic N) is 1. The van der Waals surface area contributed by atoms with Crippen molar-refractivity contribution in [3.8, 4) is 5.75 Å². The lowest BCUT2D eigenvalue weighted by atomic mass is 10.0. The van der Waals surface area contributed by atoms with Crippen molar-refractivity contribution in [2.45, 2.75) is 19.4 Å². The maximum absolute atomic E-state index is 14.3. The first kappa shape index (κ1) is 15.3. The minimum Gasteiger partial charge on any atom is -0.495 e. The smallest absolute Gasteiger partial charge is 0.147 e. The SMILES string of the molecule is COc1ccccc1N(C)c1c(F)cccc1CC(C)N. The van der Waals surface area contributed by atoms with Crippen LogP contribution < -0.4 is 15.4 Å². The van der Waals surface area contributed by atoms with Crippen LogP contribution in [-0.4, -0.2) is 20.2 Å². The summed E-state index contributed by atoms with van der Waals surface area (Å²) in [7, 11) is 3.44. The van der Waals surface area contributed by atoms with E-state index in [0.717, 1.165) is 11.3 Å². The highest BCUT2D eigenvalue weighted by Crippen LogP contribution is 2.35. The fourth-order valence-electron chi connectivity index (χ4n) is 2.47. The summed E-state index contributed by atoms with van der Waals surface area (Å²) < 4.78 is 19.7. The molecule has 2 aromatic carbocycles. The van der Waals surface area contributed by atoms with Gasteiger partial charge < -0.3 is 15.4 Å². The van der Waals surface area contributed by atoms with E-state index in [-0.39, 0.29) is 11.9 Å². The molecule has 0 bridgehead atoms. The Morgan fingerprint density at radius 1 is 1.19 bits per heavy atom. The Labute approximate surface area is 125 Å². The van der Waals surface area contributed by atoms with Gasteiger partial charge >= 0.3 is 0 Å². The first-order valence-electron chi connectivity index (χ1n) is 6.94. The fourth-order valence-corrected chi connectivity index (χ4v) is 2.47. The average molecular weight is 288 g/mol. The Morgan fingerprint density at radius 3 is 2.57 bits per heavy atom. The number of para-hydroxylation sites is 3. The fraction of sp³-hybridized carbons (Fsp3) is 0.294. The lowest BCUT2D eigenvalue weighted by Gasteiger charge is -2.25. The van der Waals surface area contributed by atoms with E-state index >= 15 is 0 Å². The quantitative estimate of drug-likeness (QED) is 0.915. The molecule has 1 atom stereocenters. The van der Waals surface area contributed by atoms with Gasteiger partial charge in [-0.1, -0.05) is 24.3 Å². The molecule has 1 unspecified atom stereocenters. The predicted octanol–water partition coefficient (Wildman–Crippen LogP) is 3.49. The third-order valence-corrected chi connectivity index (χ3v) is 3.39. The van der Waals surface area contributed by atoms with Crippen LogP contribution in [0.3, 0.4) is 0 Å². The molecule has 0 fully saturated rings. The molecule has 112 valence electrons. The monoisotopic (exact) mass is 288 g/mol. The summed E-state index contributed by atoms with van der Waals surface area (Å²) in [5.74, 6) is 0.441. The number of halogens is 1. The maximum atomic E-state index is 14.3. The Balaban J connectivity index is 2.49. The van der Waals surface area contributed by atoms with Crippen LogP contribution in [0.4, 0.5) is 15.8 Å². The zero-order chi connectivity index (χ0) is 15.4. The summed E-state index contributed by atoms with van der Waals surface area (Å²) in [5.41, 5.74) is 8.12. The number of hydrogen-bond donors (Lipinski definition) is 1. The van der Waals surface area contributed by atoms with E-state index < -0.39 is 0 Å². The Morgan fingerprint density at radius 2 is 1.90 bits per heavy atom. The normalized spacial score (nSPS) is 12.0. The number of rotatable bonds is 5. The van der Waals surface area contributed by atoms with Crippen molar-refractivity contribution in [3.05, 3.63) is 53.8 Å². The molecule has 0 aliphatic rings. The molecule has 0 aliphatic heterocycles. The van der Waals surface area contributed by atoms with Crippen molar-refractivity contribution in [2.75, 3.05) is 19.1 Å². The van der Waals surface area contributed by atoms with Crippen molar-refractivity contribution in [2.24, 2.45) is 5.73 Å². The molecule has 0 radical (unpaired) electrons. The number of ether oxygens (including phenoxy) is 1. The minimum atomic E-state index is -0.262. The third-order valence-electron chi connectivity index (χ3n) is 3.39. The summed E-state index contributed by atoms with van der Waals surface area (Å²) in [6, 6.07) is 12.6. The van der Waals surface area contributed by atoms with Gasteiger partial charge in [0.15, 0.2) is 0 Å². The van der Waals surface area contributed by atoms with Crippen molar-refractivity contribution in [3.63, 3.8) is 0 Å². The Bertz CT molecular complexity index is 613. The number of hydrogen-bond acceptors (Lipinski definition) is 3. The molecule has 0 saturated heterocycles. The summed E-state index contributed by atoms with van der Waals surface area (Å²) in [4.78, 5) is 1.81. The first-order valence-corrected chi connectivity index (χ1v) is 6.94. The number of anilines is 2. The molecule has 3 nitrogen and oxygen atoms in total. The maximum Gasteiger partial charge on any atom is 0.147 e. The van der Waals surface area contributed by atoms with Gasteiger partial charge in [0.1, 0.15) is 11.6 Å². The average Bonchev–Trinajstić information content (AvgIpc) is 2.46. The number of nitrogens with two attached hydrogens (primary N) is 1. The van der Waals surface area contributed by atoms with Gasteiger partial charge in [-0.15, -0.1) is 0 Å². The Kier molecular flexibility index (Phi) is 4.81. The summed E-state index contributed by atoms with van der Waals surface area (Å²) in [6.07, 6.45) is 0.618. The van der Waals surface area contributed by atoms with E-state index in [4.69, 9.17) is 10.5 Å². The van der Waals surface area contributed by atoms with E-state index in [1.54, 1.807) is 13.2 Å². The van der Waals surface area contributed by atoms with Crippen LogP contribution in [0.15, 0.2) is 42.5 Å². The molecular weight excluding hydrogens is 267 g/mol. The molecular formula is C17H21FN2O. The van der Waals surface area contributed by atoms with Crippen LogP contribution in [0.5, 0.6) is 5.75 Å². The van der Waals surface area contributed by atoms with Crippen molar-refractivity contribution in [1.82, 2.24) is 0 Å². The molecule has 2 N–H and O–H groups in total. The molecule has 0 spiro atoms. The highest BCUT2D eigenvalue weighted by atomic mass is 19.1. The highest BCUT2D eigenvalue weighted by molar-refractivity contribution is 5.71. The molecule has 0 amide bonds. The first-order chi connectivity index (χ1) is 10.0. The van der Waals surface area contributed by atoms with E-state index in [1.807, 2.05) is 49.2 Å². The van der Waals surface area contributed by atoms with E-state index in [9.17, 15) is 4.39 Å². The molecule has 0 aromatic heterocycles. The van der Waals surface area contributed by atoms with Gasteiger partial charge in [-0.2, -0.15) is 0 Å². The molecule has 4 heteroatoms. The van der Waals surface area contributed by atoms with Gasteiger partial charge in [-0.05, 0) is 37.1 Å². The van der Waals surface area contributed by atoms with Gasteiger partial charge in [0.25, 0.3) is 0 Å². The molecule has 2 aromatic rings. The molecule has 0 saturated carbocycles. The summed E-state index contributed by atoms with van der Waals surface area (Å²) in [5, 5.41) is 0. The van der Waals surface area contributed by atoms with Crippen molar-refractivity contribution in [1.29, 1.82) is 0 Å². The predicted molar refractivity (Wildman–Crippen MR) is 84.8 cm³/mol. The van der Waals surface area contributed by atoms with E-state index in [0.29, 0.717) is 17.9 Å². The zero-order valence-electron chi connectivity index (χ0n) is 12.6. The van der Waals surface area contributed by atoms with Gasteiger partial charge in [0, 0.05) is 13.1 Å². The number of benzene rings is 2. The van der Waals surface area contributed by atoms with Crippen LogP contribution in [0.25, 0.3) is 0 Å². The van der Waals surface area contributed by atoms with Crippen LogP contribution in [0.1, 0.15) is 12.5 Å². The standard InChI is InChI=1S/C17H21FN2O/c1-12(19)11-13-7-6-8-14(18)17(13)20(2)15-9-4-5-10-16(15)21-3/h4-10,12H,11,19H2,1-3H3. The van der Waals surface area contributed by atoms with E-state index in [2.05, 4.69) is 0 Å². The van der Waals surface area contributed by atoms with E-state index in [1.165, 1.54) is 6.07 Å². The highest BCUT2D eigenvalue weighted by Gasteiger charge is 2.17. The molecule has 0 aliphatic carbocycles. The van der Waals surface area contributed by atoms with Crippen LogP contribution in [-0.2, 0) is 6.42 Å². The zero-order valence-corrected chi connectivity index (χ0v) is 12.6. The molecule has 21 heavy (non-hydrogen) atoms.